The molecule has 2 N–H and O–H groups in total. The molecule has 1 aliphatic rings. The molecule has 1 aliphatic heterocycles. The molecule has 3 atom stereocenters. The van der Waals surface area contributed by atoms with E-state index >= 15 is 0 Å². The number of nitrogens with one attached hydrogen (secondary N) is 2. The van der Waals surface area contributed by atoms with Crippen LogP contribution in [0, 0.1) is 0 Å². The first-order valence-corrected chi connectivity index (χ1v) is 7.75. The van der Waals surface area contributed by atoms with Gasteiger partial charge in [0.25, 0.3) is 5.91 Å². The van der Waals surface area contributed by atoms with Gasteiger partial charge in [-0.05, 0) is 44.7 Å². The Morgan fingerprint density at radius 3 is 2.95 bits per heavy atom. The van der Waals surface area contributed by atoms with Gasteiger partial charge in [-0.15, -0.1) is 11.3 Å². The molecular formula is C14H22N2O2S. The van der Waals surface area contributed by atoms with Gasteiger partial charge in [0.05, 0.1) is 17.1 Å². The minimum Gasteiger partial charge on any atom is -0.374 e. The summed E-state index contributed by atoms with van der Waals surface area (Å²) in [6.07, 6.45) is 2.65. The number of hydrogen-bond acceptors (Lipinski definition) is 4. The molecule has 4 nitrogen and oxygen atoms in total. The minimum atomic E-state index is 0.0289. The Balaban J connectivity index is 1.56. The van der Waals surface area contributed by atoms with Gasteiger partial charge in [-0.3, -0.25) is 4.79 Å². The molecular weight excluding hydrogens is 260 g/mol. The molecule has 1 aromatic rings. The van der Waals surface area contributed by atoms with Crippen molar-refractivity contribution < 1.29 is 9.53 Å². The van der Waals surface area contributed by atoms with Crippen LogP contribution >= 0.6 is 11.3 Å². The van der Waals surface area contributed by atoms with E-state index < -0.39 is 0 Å². The molecule has 0 saturated carbocycles. The average Bonchev–Trinajstić information content (AvgIpc) is 2.99. The summed E-state index contributed by atoms with van der Waals surface area (Å²) in [7, 11) is 0. The van der Waals surface area contributed by atoms with Crippen molar-refractivity contribution in [1.82, 2.24) is 10.6 Å². The van der Waals surface area contributed by atoms with Crippen LogP contribution in [0.4, 0.5) is 0 Å². The zero-order valence-corrected chi connectivity index (χ0v) is 12.3. The number of ether oxygens (including phenoxy) is 1. The highest BCUT2D eigenvalue weighted by Crippen LogP contribution is 2.19. The van der Waals surface area contributed by atoms with Crippen LogP contribution < -0.4 is 10.6 Å². The van der Waals surface area contributed by atoms with Crippen molar-refractivity contribution in [2.45, 2.75) is 44.9 Å². The van der Waals surface area contributed by atoms with Crippen LogP contribution in [0.1, 0.15) is 36.4 Å². The number of carbonyl (C=O) groups is 1. The lowest BCUT2D eigenvalue weighted by Crippen LogP contribution is -2.36. The van der Waals surface area contributed by atoms with Gasteiger partial charge in [0.15, 0.2) is 0 Å². The summed E-state index contributed by atoms with van der Waals surface area (Å²) in [5.41, 5.74) is 0. The lowest BCUT2D eigenvalue weighted by molar-refractivity contribution is 0.0606. The summed E-state index contributed by atoms with van der Waals surface area (Å²) >= 11 is 1.47. The molecule has 1 saturated heterocycles. The Hall–Kier alpha value is -0.910. The number of amides is 1. The van der Waals surface area contributed by atoms with E-state index in [1.54, 1.807) is 0 Å². The first-order chi connectivity index (χ1) is 9.16. The van der Waals surface area contributed by atoms with Crippen LogP contribution in [-0.2, 0) is 4.74 Å². The first-order valence-electron chi connectivity index (χ1n) is 6.87. The average molecular weight is 282 g/mol. The summed E-state index contributed by atoms with van der Waals surface area (Å²) in [4.78, 5) is 12.5. The molecule has 3 unspecified atom stereocenters. The highest BCUT2D eigenvalue weighted by atomic mass is 32.1. The lowest BCUT2D eigenvalue weighted by atomic mass is 10.1. The molecule has 0 spiro atoms. The monoisotopic (exact) mass is 282 g/mol. The molecule has 19 heavy (non-hydrogen) atoms. The number of hydrogen-bond donors (Lipinski definition) is 2. The van der Waals surface area contributed by atoms with Crippen LogP contribution in [0.5, 0.6) is 0 Å². The number of thiophene rings is 1. The third-order valence-corrected chi connectivity index (χ3v) is 4.26. The van der Waals surface area contributed by atoms with Crippen molar-refractivity contribution in [3.63, 3.8) is 0 Å². The van der Waals surface area contributed by atoms with Crippen molar-refractivity contribution in [3.05, 3.63) is 22.4 Å². The van der Waals surface area contributed by atoms with E-state index in [-0.39, 0.29) is 12.0 Å². The van der Waals surface area contributed by atoms with Gasteiger partial charge in [0, 0.05) is 12.6 Å². The Bertz CT molecular complexity index is 394. The molecule has 0 radical (unpaired) electrons. The van der Waals surface area contributed by atoms with Gasteiger partial charge in [0.1, 0.15) is 0 Å². The quantitative estimate of drug-likeness (QED) is 0.785. The molecule has 1 aromatic heterocycles. The zero-order chi connectivity index (χ0) is 13.7. The summed E-state index contributed by atoms with van der Waals surface area (Å²) < 4.78 is 5.69. The molecule has 0 aromatic carbocycles. The second kappa shape index (κ2) is 7.03. The minimum absolute atomic E-state index is 0.0289. The maximum absolute atomic E-state index is 11.7. The van der Waals surface area contributed by atoms with E-state index in [0.29, 0.717) is 18.7 Å². The van der Waals surface area contributed by atoms with Crippen LogP contribution in [0.15, 0.2) is 17.5 Å². The molecule has 1 fully saturated rings. The normalized spacial score (nSPS) is 26.5. The Morgan fingerprint density at radius 1 is 1.47 bits per heavy atom. The third kappa shape index (κ3) is 4.30. The fraction of sp³-hybridized carbons (Fsp3) is 0.643. The van der Waals surface area contributed by atoms with E-state index in [9.17, 15) is 4.79 Å². The molecule has 2 rings (SSSR count). The molecule has 0 aliphatic carbocycles. The predicted molar refractivity (Wildman–Crippen MR) is 77.7 cm³/mol. The molecule has 1 amide bonds. The second-order valence-electron chi connectivity index (χ2n) is 5.03. The van der Waals surface area contributed by atoms with E-state index in [0.717, 1.165) is 24.3 Å². The van der Waals surface area contributed by atoms with Crippen molar-refractivity contribution in [2.24, 2.45) is 0 Å². The zero-order valence-electron chi connectivity index (χ0n) is 11.5. The second-order valence-corrected chi connectivity index (χ2v) is 5.98. The van der Waals surface area contributed by atoms with Crippen LogP contribution in [-0.4, -0.2) is 37.2 Å². The van der Waals surface area contributed by atoms with Gasteiger partial charge in [0.2, 0.25) is 0 Å². The van der Waals surface area contributed by atoms with Gasteiger partial charge in [-0.2, -0.15) is 0 Å². The molecule has 2 heterocycles. The topological polar surface area (TPSA) is 50.4 Å². The number of rotatable bonds is 6. The van der Waals surface area contributed by atoms with Crippen LogP contribution in [0.2, 0.25) is 0 Å². The third-order valence-electron chi connectivity index (χ3n) is 3.39. The van der Waals surface area contributed by atoms with E-state index in [4.69, 9.17) is 4.74 Å². The van der Waals surface area contributed by atoms with Gasteiger partial charge in [-0.25, -0.2) is 0 Å². The largest absolute Gasteiger partial charge is 0.374 e. The highest BCUT2D eigenvalue weighted by molar-refractivity contribution is 7.12. The summed E-state index contributed by atoms with van der Waals surface area (Å²) in [5.74, 6) is 0.0289. The fourth-order valence-electron chi connectivity index (χ4n) is 2.39. The van der Waals surface area contributed by atoms with Crippen molar-refractivity contribution >= 4 is 17.2 Å². The summed E-state index contributed by atoms with van der Waals surface area (Å²) in [6, 6.07) is 4.18. The molecule has 106 valence electrons. The van der Waals surface area contributed by atoms with Crippen LogP contribution in [0.3, 0.4) is 0 Å². The summed E-state index contributed by atoms with van der Waals surface area (Å²) in [6.45, 7) is 5.84. The van der Waals surface area contributed by atoms with E-state index in [1.165, 1.54) is 11.3 Å². The Kier molecular flexibility index (Phi) is 5.36. The van der Waals surface area contributed by atoms with Gasteiger partial charge >= 0.3 is 0 Å². The lowest BCUT2D eigenvalue weighted by Gasteiger charge is -2.15. The maximum Gasteiger partial charge on any atom is 0.261 e. The van der Waals surface area contributed by atoms with Gasteiger partial charge in [-0.1, -0.05) is 6.07 Å². The standard InChI is InChI=1S/C14H22N2O2S/c1-10-9-12(11(2)18-10)15-6-4-7-16-14(17)13-5-3-8-19-13/h3,5,8,10-12,15H,4,6-7,9H2,1-2H3,(H,16,17). The predicted octanol–water partition coefficient (Wildman–Crippen LogP) is 2.02. The summed E-state index contributed by atoms with van der Waals surface area (Å²) in [5, 5.41) is 8.34. The Labute approximate surface area is 118 Å². The SMILES string of the molecule is CC1CC(NCCCNC(=O)c2cccs2)C(C)O1. The highest BCUT2D eigenvalue weighted by Gasteiger charge is 2.28. The molecule has 5 heteroatoms. The van der Waals surface area contributed by atoms with E-state index in [2.05, 4.69) is 24.5 Å². The Morgan fingerprint density at radius 2 is 2.32 bits per heavy atom. The van der Waals surface area contributed by atoms with Crippen molar-refractivity contribution in [1.29, 1.82) is 0 Å². The number of carbonyl (C=O) groups excluding carboxylic acids is 1. The van der Waals surface area contributed by atoms with Gasteiger partial charge < -0.3 is 15.4 Å². The first kappa shape index (κ1) is 14.5. The van der Waals surface area contributed by atoms with Crippen molar-refractivity contribution in [3.8, 4) is 0 Å². The van der Waals surface area contributed by atoms with Crippen molar-refractivity contribution in [2.75, 3.05) is 13.1 Å². The van der Waals surface area contributed by atoms with Crippen LogP contribution in [0.25, 0.3) is 0 Å². The molecule has 0 bridgehead atoms. The smallest absolute Gasteiger partial charge is 0.261 e. The maximum atomic E-state index is 11.7. The van der Waals surface area contributed by atoms with E-state index in [1.807, 2.05) is 17.5 Å². The fourth-order valence-corrected chi connectivity index (χ4v) is 3.03.